The molecule has 1 heterocycles. The van der Waals surface area contributed by atoms with Crippen molar-refractivity contribution in [2.75, 3.05) is 17.7 Å². The minimum atomic E-state index is -0.397. The normalized spacial score (nSPS) is 11.6. The molecule has 0 spiro atoms. The standard InChI is InChI=1S/C25H24ClN5O2S/c1-17(24(32)28-18-8-4-3-5-9-18)34-25-30-29-23(16-27-22-11-7-6-10-21(22)26)31(25)19-12-14-20(33-2)15-13-19/h3-15,17,27H,16H2,1-2H3,(H,28,32)/t17-/m0/s1. The molecule has 0 fully saturated rings. The zero-order valence-corrected chi connectivity index (χ0v) is 20.3. The van der Waals surface area contributed by atoms with Gasteiger partial charge in [0.2, 0.25) is 5.91 Å². The highest BCUT2D eigenvalue weighted by atomic mass is 35.5. The second-order valence-corrected chi connectivity index (χ2v) is 9.10. The zero-order valence-electron chi connectivity index (χ0n) is 18.7. The van der Waals surface area contributed by atoms with Gasteiger partial charge in [0.05, 0.1) is 29.6 Å². The summed E-state index contributed by atoms with van der Waals surface area (Å²) in [7, 11) is 1.63. The Balaban J connectivity index is 1.58. The van der Waals surface area contributed by atoms with Gasteiger partial charge in [-0.3, -0.25) is 9.36 Å². The number of methoxy groups -OCH3 is 1. The highest BCUT2D eigenvalue weighted by Gasteiger charge is 2.21. The first-order chi connectivity index (χ1) is 16.5. The highest BCUT2D eigenvalue weighted by Crippen LogP contribution is 2.28. The van der Waals surface area contributed by atoms with E-state index in [1.54, 1.807) is 7.11 Å². The molecular formula is C25H24ClN5O2S. The fourth-order valence-corrected chi connectivity index (χ4v) is 4.33. The van der Waals surface area contributed by atoms with Gasteiger partial charge in [-0.15, -0.1) is 10.2 Å². The van der Waals surface area contributed by atoms with Crippen LogP contribution in [-0.4, -0.2) is 33.0 Å². The number of carbonyl (C=O) groups is 1. The number of nitrogens with zero attached hydrogens (tertiary/aromatic N) is 3. The summed E-state index contributed by atoms with van der Waals surface area (Å²) < 4.78 is 7.22. The lowest BCUT2D eigenvalue weighted by Gasteiger charge is -2.15. The number of halogens is 1. The van der Waals surface area contributed by atoms with E-state index in [0.29, 0.717) is 22.5 Å². The molecule has 34 heavy (non-hydrogen) atoms. The molecule has 4 rings (SSSR count). The Hall–Kier alpha value is -3.49. The second kappa shape index (κ2) is 11.1. The maximum Gasteiger partial charge on any atom is 0.237 e. The first-order valence-electron chi connectivity index (χ1n) is 10.6. The van der Waals surface area contributed by atoms with Crippen molar-refractivity contribution in [1.29, 1.82) is 0 Å². The lowest BCUT2D eigenvalue weighted by molar-refractivity contribution is -0.115. The van der Waals surface area contributed by atoms with Crippen LogP contribution in [-0.2, 0) is 11.3 Å². The van der Waals surface area contributed by atoms with Gasteiger partial charge in [0.1, 0.15) is 5.75 Å². The van der Waals surface area contributed by atoms with E-state index in [-0.39, 0.29) is 5.91 Å². The molecule has 9 heteroatoms. The lowest BCUT2D eigenvalue weighted by atomic mass is 10.3. The zero-order chi connectivity index (χ0) is 23.9. The molecule has 1 atom stereocenters. The summed E-state index contributed by atoms with van der Waals surface area (Å²) in [6, 6.07) is 24.5. The van der Waals surface area contributed by atoms with E-state index in [0.717, 1.165) is 22.8 Å². The SMILES string of the molecule is COc1ccc(-n2c(CNc3ccccc3Cl)nnc2S[C@@H](C)C(=O)Nc2ccccc2)cc1. The quantitative estimate of drug-likeness (QED) is 0.293. The number of para-hydroxylation sites is 2. The van der Waals surface area contributed by atoms with E-state index in [9.17, 15) is 4.79 Å². The molecule has 7 nitrogen and oxygen atoms in total. The number of ether oxygens (including phenoxy) is 1. The number of hydrogen-bond acceptors (Lipinski definition) is 6. The summed E-state index contributed by atoms with van der Waals surface area (Å²) in [6.07, 6.45) is 0. The van der Waals surface area contributed by atoms with E-state index < -0.39 is 5.25 Å². The monoisotopic (exact) mass is 493 g/mol. The van der Waals surface area contributed by atoms with E-state index >= 15 is 0 Å². The fraction of sp³-hybridized carbons (Fsp3) is 0.160. The van der Waals surface area contributed by atoms with Crippen molar-refractivity contribution >= 4 is 40.6 Å². The van der Waals surface area contributed by atoms with Crippen molar-refractivity contribution in [2.24, 2.45) is 0 Å². The minimum absolute atomic E-state index is 0.115. The van der Waals surface area contributed by atoms with Gasteiger partial charge in [0.25, 0.3) is 0 Å². The first kappa shape index (κ1) is 23.7. The Labute approximate surface area is 207 Å². The van der Waals surface area contributed by atoms with Crippen molar-refractivity contribution in [3.63, 3.8) is 0 Å². The Bertz CT molecular complexity index is 1250. The number of anilines is 2. The third kappa shape index (κ3) is 5.70. The van der Waals surface area contributed by atoms with Crippen LogP contribution in [0.25, 0.3) is 5.69 Å². The topological polar surface area (TPSA) is 81.1 Å². The molecule has 2 N–H and O–H groups in total. The summed E-state index contributed by atoms with van der Waals surface area (Å²) >= 11 is 7.63. The number of hydrogen-bond donors (Lipinski definition) is 2. The average molecular weight is 494 g/mol. The Morgan fingerprint density at radius 3 is 2.44 bits per heavy atom. The first-order valence-corrected chi connectivity index (χ1v) is 11.9. The lowest BCUT2D eigenvalue weighted by Crippen LogP contribution is -2.23. The molecule has 4 aromatic rings. The maximum atomic E-state index is 12.8. The number of amides is 1. The molecule has 0 aliphatic carbocycles. The summed E-state index contributed by atoms with van der Waals surface area (Å²) in [4.78, 5) is 12.8. The molecule has 0 aliphatic heterocycles. The van der Waals surface area contributed by atoms with E-state index in [2.05, 4.69) is 20.8 Å². The molecular weight excluding hydrogens is 470 g/mol. The number of nitrogens with one attached hydrogen (secondary N) is 2. The molecule has 0 unspecified atom stereocenters. The van der Waals surface area contributed by atoms with Crippen LogP contribution in [0, 0.1) is 0 Å². The number of carbonyl (C=O) groups excluding carboxylic acids is 1. The van der Waals surface area contributed by atoms with Crippen LogP contribution in [0.2, 0.25) is 5.02 Å². The Kier molecular flexibility index (Phi) is 7.72. The highest BCUT2D eigenvalue weighted by molar-refractivity contribution is 8.00. The Morgan fingerprint density at radius 1 is 1.03 bits per heavy atom. The predicted octanol–water partition coefficient (Wildman–Crippen LogP) is 5.66. The van der Waals surface area contributed by atoms with E-state index in [1.165, 1.54) is 11.8 Å². The largest absolute Gasteiger partial charge is 0.497 e. The van der Waals surface area contributed by atoms with Crippen LogP contribution in [0.4, 0.5) is 11.4 Å². The van der Waals surface area contributed by atoms with Gasteiger partial charge in [-0.05, 0) is 55.5 Å². The summed E-state index contributed by atoms with van der Waals surface area (Å²) in [6.45, 7) is 2.24. The van der Waals surface area contributed by atoms with Crippen LogP contribution in [0.5, 0.6) is 5.75 Å². The maximum absolute atomic E-state index is 12.8. The summed E-state index contributed by atoms with van der Waals surface area (Å²) in [5.74, 6) is 1.32. The van der Waals surface area contributed by atoms with Crippen LogP contribution in [0.15, 0.2) is 84.0 Å². The van der Waals surface area contributed by atoms with Crippen molar-refractivity contribution in [3.05, 3.63) is 89.7 Å². The molecule has 0 saturated heterocycles. The van der Waals surface area contributed by atoms with Gasteiger partial charge in [0, 0.05) is 11.4 Å². The van der Waals surface area contributed by atoms with Gasteiger partial charge in [-0.1, -0.05) is 53.7 Å². The van der Waals surface area contributed by atoms with Gasteiger partial charge >= 0.3 is 0 Å². The van der Waals surface area contributed by atoms with Crippen molar-refractivity contribution in [3.8, 4) is 11.4 Å². The predicted molar refractivity (Wildman–Crippen MR) is 137 cm³/mol. The molecule has 174 valence electrons. The minimum Gasteiger partial charge on any atom is -0.497 e. The van der Waals surface area contributed by atoms with E-state index in [1.807, 2.05) is 90.4 Å². The number of rotatable bonds is 9. The number of benzene rings is 3. The molecule has 1 amide bonds. The van der Waals surface area contributed by atoms with Crippen molar-refractivity contribution in [2.45, 2.75) is 23.9 Å². The second-order valence-electron chi connectivity index (χ2n) is 7.38. The fourth-order valence-electron chi connectivity index (χ4n) is 3.24. The molecule has 0 radical (unpaired) electrons. The summed E-state index contributed by atoms with van der Waals surface area (Å²) in [5, 5.41) is 15.9. The van der Waals surface area contributed by atoms with Crippen molar-refractivity contribution in [1.82, 2.24) is 14.8 Å². The number of thioether (sulfide) groups is 1. The van der Waals surface area contributed by atoms with Crippen LogP contribution in [0.3, 0.4) is 0 Å². The van der Waals surface area contributed by atoms with Crippen LogP contribution in [0.1, 0.15) is 12.7 Å². The van der Waals surface area contributed by atoms with Crippen molar-refractivity contribution < 1.29 is 9.53 Å². The Morgan fingerprint density at radius 2 is 1.74 bits per heavy atom. The average Bonchev–Trinajstić information content (AvgIpc) is 3.26. The molecule has 0 aliphatic rings. The smallest absolute Gasteiger partial charge is 0.237 e. The third-order valence-corrected chi connectivity index (χ3v) is 6.41. The van der Waals surface area contributed by atoms with Gasteiger partial charge in [-0.25, -0.2) is 0 Å². The number of aromatic nitrogens is 3. The molecule has 0 saturated carbocycles. The van der Waals surface area contributed by atoms with E-state index in [4.69, 9.17) is 16.3 Å². The third-order valence-electron chi connectivity index (χ3n) is 5.03. The molecule has 0 bridgehead atoms. The van der Waals surface area contributed by atoms with Gasteiger partial charge in [0.15, 0.2) is 11.0 Å². The molecule has 1 aromatic heterocycles. The van der Waals surface area contributed by atoms with Crippen LogP contribution >= 0.6 is 23.4 Å². The summed E-state index contributed by atoms with van der Waals surface area (Å²) in [5.41, 5.74) is 2.42. The molecule has 3 aromatic carbocycles. The van der Waals surface area contributed by atoms with Gasteiger partial charge < -0.3 is 15.4 Å². The van der Waals surface area contributed by atoms with Crippen LogP contribution < -0.4 is 15.4 Å². The van der Waals surface area contributed by atoms with Gasteiger partial charge in [-0.2, -0.15) is 0 Å².